The molecule has 3 rings (SSSR count). The standard InChI is InChI=1S/C14H17Br/c15-9-12-6-3-5-11-8-10-4-1-2-7-13(10)14(11)12/h1-2,4,7,11-12,14H,3,5-6,8-9H2. The van der Waals surface area contributed by atoms with Crippen LogP contribution in [0.2, 0.25) is 0 Å². The summed E-state index contributed by atoms with van der Waals surface area (Å²) in [5.41, 5.74) is 3.28. The fourth-order valence-electron chi connectivity index (χ4n) is 3.62. The molecule has 2 aliphatic carbocycles. The van der Waals surface area contributed by atoms with Crippen LogP contribution in [0.25, 0.3) is 0 Å². The van der Waals surface area contributed by atoms with E-state index in [-0.39, 0.29) is 0 Å². The number of fused-ring (bicyclic) bond motifs is 3. The molecule has 0 aromatic heterocycles. The highest BCUT2D eigenvalue weighted by molar-refractivity contribution is 9.09. The normalized spacial score (nSPS) is 33.5. The van der Waals surface area contributed by atoms with E-state index in [9.17, 15) is 0 Å². The Morgan fingerprint density at radius 2 is 2.07 bits per heavy atom. The number of hydrogen-bond donors (Lipinski definition) is 0. The zero-order valence-corrected chi connectivity index (χ0v) is 10.5. The van der Waals surface area contributed by atoms with E-state index in [0.29, 0.717) is 0 Å². The molecule has 0 N–H and O–H groups in total. The van der Waals surface area contributed by atoms with Crippen LogP contribution in [0.5, 0.6) is 0 Å². The monoisotopic (exact) mass is 264 g/mol. The van der Waals surface area contributed by atoms with Crippen LogP contribution in [0.4, 0.5) is 0 Å². The number of halogens is 1. The minimum absolute atomic E-state index is 0.856. The van der Waals surface area contributed by atoms with Crippen LogP contribution in [0.1, 0.15) is 36.3 Å². The zero-order valence-electron chi connectivity index (χ0n) is 8.95. The first-order chi connectivity index (χ1) is 7.40. The molecule has 0 radical (unpaired) electrons. The van der Waals surface area contributed by atoms with Crippen LogP contribution in [0.3, 0.4) is 0 Å². The quantitative estimate of drug-likeness (QED) is 0.669. The summed E-state index contributed by atoms with van der Waals surface area (Å²) in [6.45, 7) is 0. The second-order valence-corrected chi connectivity index (χ2v) is 5.68. The van der Waals surface area contributed by atoms with Crippen LogP contribution < -0.4 is 0 Å². The summed E-state index contributed by atoms with van der Waals surface area (Å²) < 4.78 is 0. The smallest absolute Gasteiger partial charge is 0.00656 e. The van der Waals surface area contributed by atoms with Crippen molar-refractivity contribution in [3.8, 4) is 0 Å². The van der Waals surface area contributed by atoms with Gasteiger partial charge >= 0.3 is 0 Å². The van der Waals surface area contributed by atoms with Gasteiger partial charge in [-0.2, -0.15) is 0 Å². The van der Waals surface area contributed by atoms with Gasteiger partial charge in [-0.05, 0) is 48.1 Å². The van der Waals surface area contributed by atoms with Gasteiger partial charge in [0.05, 0.1) is 0 Å². The average Bonchev–Trinajstić information content (AvgIpc) is 2.67. The molecule has 0 spiro atoms. The van der Waals surface area contributed by atoms with E-state index in [4.69, 9.17) is 0 Å². The SMILES string of the molecule is BrCC1CCCC2Cc3ccccc3C12. The summed E-state index contributed by atoms with van der Waals surface area (Å²) in [5.74, 6) is 2.68. The molecule has 0 amide bonds. The fraction of sp³-hybridized carbons (Fsp3) is 0.571. The third-order valence-electron chi connectivity index (χ3n) is 4.26. The van der Waals surface area contributed by atoms with Crippen molar-refractivity contribution in [3.63, 3.8) is 0 Å². The maximum atomic E-state index is 3.70. The Hall–Kier alpha value is -0.300. The van der Waals surface area contributed by atoms with Gasteiger partial charge in [-0.15, -0.1) is 0 Å². The van der Waals surface area contributed by atoms with Crippen molar-refractivity contribution >= 4 is 15.9 Å². The van der Waals surface area contributed by atoms with Crippen molar-refractivity contribution in [2.75, 3.05) is 5.33 Å². The van der Waals surface area contributed by atoms with E-state index < -0.39 is 0 Å². The number of rotatable bonds is 1. The topological polar surface area (TPSA) is 0 Å². The lowest BCUT2D eigenvalue weighted by molar-refractivity contribution is 0.256. The first kappa shape index (κ1) is 9.89. The highest BCUT2D eigenvalue weighted by atomic mass is 79.9. The van der Waals surface area contributed by atoms with Crippen molar-refractivity contribution in [1.82, 2.24) is 0 Å². The Kier molecular flexibility index (Phi) is 2.59. The molecule has 0 aliphatic heterocycles. The Labute approximate surface area is 100 Å². The molecular weight excluding hydrogens is 248 g/mol. The van der Waals surface area contributed by atoms with Gasteiger partial charge in [-0.1, -0.05) is 46.6 Å². The molecule has 80 valence electrons. The molecule has 0 bridgehead atoms. The second kappa shape index (κ2) is 3.93. The molecule has 1 aromatic rings. The molecule has 1 aromatic carbocycles. The van der Waals surface area contributed by atoms with E-state index >= 15 is 0 Å². The predicted molar refractivity (Wildman–Crippen MR) is 67.5 cm³/mol. The lowest BCUT2D eigenvalue weighted by atomic mass is 9.73. The third kappa shape index (κ3) is 1.56. The Morgan fingerprint density at radius 3 is 2.93 bits per heavy atom. The molecule has 1 heteroatoms. The first-order valence-corrected chi connectivity index (χ1v) is 7.16. The minimum Gasteiger partial charge on any atom is -0.0925 e. The highest BCUT2D eigenvalue weighted by Crippen LogP contribution is 2.49. The van der Waals surface area contributed by atoms with Gasteiger partial charge in [-0.3, -0.25) is 0 Å². The van der Waals surface area contributed by atoms with Crippen molar-refractivity contribution in [1.29, 1.82) is 0 Å². The van der Waals surface area contributed by atoms with Crippen LogP contribution >= 0.6 is 15.9 Å². The van der Waals surface area contributed by atoms with Gasteiger partial charge in [0.1, 0.15) is 0 Å². The number of hydrogen-bond acceptors (Lipinski definition) is 0. The van der Waals surface area contributed by atoms with Crippen molar-refractivity contribution in [2.45, 2.75) is 31.6 Å². The van der Waals surface area contributed by atoms with Crippen LogP contribution in [0, 0.1) is 11.8 Å². The molecule has 1 saturated carbocycles. The predicted octanol–water partition coefficient (Wildman–Crippen LogP) is 4.14. The van der Waals surface area contributed by atoms with E-state index in [1.807, 2.05) is 0 Å². The Bertz CT molecular complexity index is 352. The maximum absolute atomic E-state index is 3.70. The van der Waals surface area contributed by atoms with Crippen molar-refractivity contribution in [3.05, 3.63) is 35.4 Å². The van der Waals surface area contributed by atoms with Crippen LogP contribution in [0.15, 0.2) is 24.3 Å². The van der Waals surface area contributed by atoms with Crippen LogP contribution in [-0.2, 0) is 6.42 Å². The van der Waals surface area contributed by atoms with Gasteiger partial charge in [0.15, 0.2) is 0 Å². The van der Waals surface area contributed by atoms with Gasteiger partial charge in [-0.25, -0.2) is 0 Å². The molecule has 3 unspecified atom stereocenters. The zero-order chi connectivity index (χ0) is 10.3. The summed E-state index contributed by atoms with van der Waals surface area (Å²) in [7, 11) is 0. The van der Waals surface area contributed by atoms with Gasteiger partial charge < -0.3 is 0 Å². The largest absolute Gasteiger partial charge is 0.0925 e. The second-order valence-electron chi connectivity index (χ2n) is 5.03. The number of alkyl halides is 1. The van der Waals surface area contributed by atoms with Crippen molar-refractivity contribution in [2.24, 2.45) is 11.8 Å². The summed E-state index contributed by atoms with van der Waals surface area (Å²) >= 11 is 3.70. The molecule has 3 atom stereocenters. The first-order valence-electron chi connectivity index (χ1n) is 6.04. The van der Waals surface area contributed by atoms with Gasteiger partial charge in [0.25, 0.3) is 0 Å². The molecule has 0 saturated heterocycles. The molecule has 2 aliphatic rings. The molecule has 1 fully saturated rings. The molecule has 0 heterocycles. The lowest BCUT2D eigenvalue weighted by Gasteiger charge is -2.33. The van der Waals surface area contributed by atoms with E-state index in [0.717, 1.165) is 17.8 Å². The maximum Gasteiger partial charge on any atom is 0.00656 e. The summed E-state index contributed by atoms with van der Waals surface area (Å²) in [6, 6.07) is 9.10. The van der Waals surface area contributed by atoms with Crippen LogP contribution in [-0.4, -0.2) is 5.33 Å². The van der Waals surface area contributed by atoms with Gasteiger partial charge in [0, 0.05) is 5.33 Å². The Morgan fingerprint density at radius 1 is 1.20 bits per heavy atom. The van der Waals surface area contributed by atoms with E-state index in [2.05, 4.69) is 40.2 Å². The van der Waals surface area contributed by atoms with E-state index in [1.165, 1.54) is 31.0 Å². The highest BCUT2D eigenvalue weighted by Gasteiger charge is 2.39. The summed E-state index contributed by atoms with van der Waals surface area (Å²) in [6.07, 6.45) is 5.64. The van der Waals surface area contributed by atoms with Crippen molar-refractivity contribution < 1.29 is 0 Å². The average molecular weight is 265 g/mol. The fourth-order valence-corrected chi connectivity index (χ4v) is 4.35. The summed E-state index contributed by atoms with van der Waals surface area (Å²) in [5, 5.41) is 1.18. The molecular formula is C14H17Br. The molecule has 15 heavy (non-hydrogen) atoms. The lowest BCUT2D eigenvalue weighted by Crippen LogP contribution is -2.24. The van der Waals surface area contributed by atoms with E-state index in [1.54, 1.807) is 11.1 Å². The minimum atomic E-state index is 0.856. The Balaban J connectivity index is 1.99. The summed E-state index contributed by atoms with van der Waals surface area (Å²) in [4.78, 5) is 0. The number of benzene rings is 1. The van der Waals surface area contributed by atoms with Gasteiger partial charge in [0.2, 0.25) is 0 Å². The molecule has 0 nitrogen and oxygen atoms in total. The third-order valence-corrected chi connectivity index (χ3v) is 5.09.